The molecule has 1 aromatic heterocycles. The van der Waals surface area contributed by atoms with Crippen molar-refractivity contribution >= 4 is 25.9 Å². The van der Waals surface area contributed by atoms with E-state index in [2.05, 4.69) is 38.8 Å². The van der Waals surface area contributed by atoms with E-state index in [-0.39, 0.29) is 28.2 Å². The van der Waals surface area contributed by atoms with Gasteiger partial charge in [0.2, 0.25) is 0 Å². The van der Waals surface area contributed by atoms with Crippen LogP contribution in [0.15, 0.2) is 17.1 Å². The van der Waals surface area contributed by atoms with E-state index < -0.39 is 8.32 Å². The van der Waals surface area contributed by atoms with E-state index in [1.54, 1.807) is 24.0 Å². The molecule has 0 radical (unpaired) electrons. The number of anilines is 1. The Kier molecular flexibility index (Phi) is 5.05. The summed E-state index contributed by atoms with van der Waals surface area (Å²) in [5.74, 6) is 0.932. The zero-order chi connectivity index (χ0) is 16.5. The molecule has 0 bridgehead atoms. The Balaban J connectivity index is 1.95. The van der Waals surface area contributed by atoms with E-state index >= 15 is 0 Å². The van der Waals surface area contributed by atoms with Crippen molar-refractivity contribution in [3.05, 3.63) is 22.7 Å². The Hall–Kier alpha value is -0.833. The van der Waals surface area contributed by atoms with Crippen LogP contribution in [0.3, 0.4) is 0 Å². The monoisotopic (exact) mass is 343 g/mol. The lowest BCUT2D eigenvalue weighted by atomic mass is 10.2. The highest BCUT2D eigenvalue weighted by molar-refractivity contribution is 8.00. The average molecular weight is 344 g/mol. The first-order valence-electron chi connectivity index (χ1n) is 7.36. The molecule has 124 valence electrons. The molecule has 6 nitrogen and oxygen atoms in total. The number of rotatable bonds is 4. The summed E-state index contributed by atoms with van der Waals surface area (Å²) >= 11 is 1.67. The molecule has 0 aromatic carbocycles. The Morgan fingerprint density at radius 3 is 2.82 bits per heavy atom. The van der Waals surface area contributed by atoms with E-state index in [1.165, 1.54) is 4.57 Å². The van der Waals surface area contributed by atoms with Gasteiger partial charge < -0.3 is 14.9 Å². The van der Waals surface area contributed by atoms with Gasteiger partial charge in [-0.05, 0) is 24.2 Å². The molecule has 0 unspecified atom stereocenters. The minimum absolute atomic E-state index is 0.0522. The van der Waals surface area contributed by atoms with Gasteiger partial charge in [0.1, 0.15) is 17.5 Å². The van der Waals surface area contributed by atoms with E-state index in [0.717, 1.165) is 0 Å². The number of hydrogen-bond donors (Lipinski definition) is 1. The molecular formula is C14H25N3O3SSi. The van der Waals surface area contributed by atoms with Gasteiger partial charge >= 0.3 is 5.69 Å². The van der Waals surface area contributed by atoms with Crippen LogP contribution in [-0.4, -0.2) is 35.7 Å². The number of ether oxygens (including phenoxy) is 1. The fourth-order valence-corrected chi connectivity index (χ4v) is 3.93. The van der Waals surface area contributed by atoms with E-state index in [0.29, 0.717) is 12.4 Å². The van der Waals surface area contributed by atoms with Gasteiger partial charge in [0.05, 0.1) is 6.61 Å². The zero-order valence-electron chi connectivity index (χ0n) is 13.8. The lowest BCUT2D eigenvalue weighted by Crippen LogP contribution is -2.42. The first-order valence-corrected chi connectivity index (χ1v) is 11.3. The van der Waals surface area contributed by atoms with Crippen molar-refractivity contribution in [2.45, 2.75) is 50.6 Å². The Morgan fingerprint density at radius 2 is 2.23 bits per heavy atom. The Bertz CT molecular complexity index is 585. The molecule has 1 saturated heterocycles. The van der Waals surface area contributed by atoms with Crippen LogP contribution in [0.1, 0.15) is 27.0 Å². The van der Waals surface area contributed by atoms with E-state index in [1.807, 2.05) is 0 Å². The molecule has 2 N–H and O–H groups in total. The first-order chi connectivity index (χ1) is 10.1. The lowest BCUT2D eigenvalue weighted by Gasteiger charge is -2.36. The van der Waals surface area contributed by atoms with Crippen LogP contribution in [0.2, 0.25) is 18.1 Å². The van der Waals surface area contributed by atoms with Crippen LogP contribution < -0.4 is 11.4 Å². The summed E-state index contributed by atoms with van der Waals surface area (Å²) in [5.41, 5.74) is 5.07. The summed E-state index contributed by atoms with van der Waals surface area (Å²) in [6, 6.07) is 1.61. The van der Waals surface area contributed by atoms with E-state index in [9.17, 15) is 4.79 Å². The van der Waals surface area contributed by atoms with Crippen LogP contribution in [0.25, 0.3) is 0 Å². The summed E-state index contributed by atoms with van der Waals surface area (Å²) in [5, 5.41) is 0.174. The smallest absolute Gasteiger partial charge is 0.351 e. The molecule has 1 aromatic rings. The van der Waals surface area contributed by atoms with E-state index in [4.69, 9.17) is 14.9 Å². The number of aromatic nitrogens is 2. The Labute approximate surface area is 136 Å². The van der Waals surface area contributed by atoms with Crippen LogP contribution in [0, 0.1) is 0 Å². The molecule has 0 saturated carbocycles. The molecule has 0 spiro atoms. The fraction of sp³-hybridized carbons (Fsp3) is 0.714. The second-order valence-corrected chi connectivity index (χ2v) is 13.0. The number of nitrogen functional groups attached to an aromatic ring is 1. The predicted molar refractivity (Wildman–Crippen MR) is 92.4 cm³/mol. The molecular weight excluding hydrogens is 318 g/mol. The van der Waals surface area contributed by atoms with Crippen molar-refractivity contribution in [2.24, 2.45) is 0 Å². The maximum Gasteiger partial charge on any atom is 0.351 e. The molecule has 8 heteroatoms. The molecule has 22 heavy (non-hydrogen) atoms. The summed E-state index contributed by atoms with van der Waals surface area (Å²) in [7, 11) is -1.78. The van der Waals surface area contributed by atoms with Crippen LogP contribution in [-0.2, 0) is 9.16 Å². The normalized spacial score (nSPS) is 23.0. The molecule has 0 amide bonds. The largest absolute Gasteiger partial charge is 0.413 e. The van der Waals surface area contributed by atoms with Gasteiger partial charge in [0, 0.05) is 11.9 Å². The van der Waals surface area contributed by atoms with Crippen LogP contribution >= 0.6 is 11.8 Å². The van der Waals surface area contributed by atoms with Crippen LogP contribution in [0.4, 0.5) is 5.82 Å². The molecule has 1 fully saturated rings. The van der Waals surface area contributed by atoms with Crippen molar-refractivity contribution in [3.63, 3.8) is 0 Å². The molecule has 2 heterocycles. The summed E-state index contributed by atoms with van der Waals surface area (Å²) in [4.78, 5) is 15.6. The van der Waals surface area contributed by atoms with Crippen LogP contribution in [0.5, 0.6) is 0 Å². The lowest BCUT2D eigenvalue weighted by molar-refractivity contribution is -0.00410. The first kappa shape index (κ1) is 17.5. The van der Waals surface area contributed by atoms with Crippen molar-refractivity contribution in [1.82, 2.24) is 9.55 Å². The van der Waals surface area contributed by atoms with Crippen molar-refractivity contribution in [3.8, 4) is 0 Å². The maximum atomic E-state index is 11.8. The molecule has 0 aliphatic carbocycles. The van der Waals surface area contributed by atoms with Gasteiger partial charge in [0.15, 0.2) is 8.32 Å². The number of hydrogen-bond acceptors (Lipinski definition) is 6. The Morgan fingerprint density at radius 1 is 1.55 bits per heavy atom. The number of thioether (sulfide) groups is 1. The highest BCUT2D eigenvalue weighted by Crippen LogP contribution is 2.38. The standard InChI is InChI=1S/C14H25N3O3SSi/c1-14(2,3)22(4,5)19-8-12-20-11(9-21-12)17-7-6-10(15)16-13(17)18/h6-7,11-12H,8-9H2,1-5H3,(H2,15,16,18)/t11-,12+/m1/s1. The fourth-order valence-electron chi connectivity index (χ4n) is 1.81. The topological polar surface area (TPSA) is 79.4 Å². The highest BCUT2D eigenvalue weighted by atomic mass is 32.2. The second kappa shape index (κ2) is 6.35. The highest BCUT2D eigenvalue weighted by Gasteiger charge is 2.38. The molecule has 2 rings (SSSR count). The molecule has 2 atom stereocenters. The third kappa shape index (κ3) is 3.92. The predicted octanol–water partition coefficient (Wildman–Crippen LogP) is 2.44. The van der Waals surface area contributed by atoms with Gasteiger partial charge in [-0.15, -0.1) is 11.8 Å². The zero-order valence-corrected chi connectivity index (χ0v) is 15.6. The summed E-state index contributed by atoms with van der Waals surface area (Å²) in [6.07, 6.45) is 1.33. The third-order valence-corrected chi connectivity index (χ3v) is 9.88. The van der Waals surface area contributed by atoms with Gasteiger partial charge in [0.25, 0.3) is 0 Å². The minimum atomic E-state index is -1.78. The van der Waals surface area contributed by atoms with Crippen molar-refractivity contribution in [1.29, 1.82) is 0 Å². The van der Waals surface area contributed by atoms with Crippen molar-refractivity contribution in [2.75, 3.05) is 18.1 Å². The summed E-state index contributed by atoms with van der Waals surface area (Å²) < 4.78 is 13.6. The average Bonchev–Trinajstić information content (AvgIpc) is 2.83. The second-order valence-electron chi connectivity index (χ2n) is 6.97. The van der Waals surface area contributed by atoms with Gasteiger partial charge in [-0.25, -0.2) is 4.79 Å². The maximum absolute atomic E-state index is 11.8. The van der Waals surface area contributed by atoms with Gasteiger partial charge in [-0.3, -0.25) is 4.57 Å². The summed E-state index contributed by atoms with van der Waals surface area (Å²) in [6.45, 7) is 11.6. The SMILES string of the molecule is CC(C)(C)[Si](C)(C)OC[C@H]1O[C@@H](n2ccc(N)nc2=O)CS1. The third-order valence-electron chi connectivity index (χ3n) is 4.28. The van der Waals surface area contributed by atoms with Crippen molar-refractivity contribution < 1.29 is 9.16 Å². The minimum Gasteiger partial charge on any atom is -0.413 e. The quantitative estimate of drug-likeness (QED) is 0.846. The van der Waals surface area contributed by atoms with Gasteiger partial charge in [-0.1, -0.05) is 20.8 Å². The van der Waals surface area contributed by atoms with Gasteiger partial charge in [-0.2, -0.15) is 4.98 Å². The molecule has 1 aliphatic heterocycles. The number of nitrogens with two attached hydrogens (primary N) is 1. The number of nitrogens with zero attached hydrogens (tertiary/aromatic N) is 2. The molecule has 1 aliphatic rings.